The Bertz CT molecular complexity index is 498. The highest BCUT2D eigenvalue weighted by atomic mass is 32.2. The van der Waals surface area contributed by atoms with Gasteiger partial charge in [0.1, 0.15) is 11.6 Å². The predicted octanol–water partition coefficient (Wildman–Crippen LogP) is 1.25. The van der Waals surface area contributed by atoms with Gasteiger partial charge in [0.05, 0.1) is 5.69 Å². The van der Waals surface area contributed by atoms with Crippen LogP contribution in [0, 0.1) is 0 Å². The van der Waals surface area contributed by atoms with Gasteiger partial charge in [-0.1, -0.05) is 20.8 Å². The summed E-state index contributed by atoms with van der Waals surface area (Å²) in [5.74, 6) is 0.523. The third-order valence-corrected chi connectivity index (χ3v) is 3.23. The van der Waals surface area contributed by atoms with Crippen LogP contribution in [0.1, 0.15) is 43.8 Å². The van der Waals surface area contributed by atoms with Gasteiger partial charge in [-0.05, 0) is 12.5 Å². The fourth-order valence-electron chi connectivity index (χ4n) is 1.66. The maximum atomic E-state index is 11.2. The molecule has 102 valence electrons. The number of hydrogen-bond acceptors (Lipinski definition) is 5. The molecule has 0 aliphatic rings. The first-order chi connectivity index (χ1) is 8.33. The van der Waals surface area contributed by atoms with Gasteiger partial charge in [0.2, 0.25) is 0 Å². The Hall–Kier alpha value is -1.01. The largest absolute Gasteiger partial charge is 0.313 e. The third kappa shape index (κ3) is 4.70. The summed E-state index contributed by atoms with van der Waals surface area (Å²) < 4.78 is 22.5. The van der Waals surface area contributed by atoms with Gasteiger partial charge in [-0.2, -0.15) is 0 Å². The van der Waals surface area contributed by atoms with Crippen LogP contribution in [-0.4, -0.2) is 31.2 Å². The van der Waals surface area contributed by atoms with Gasteiger partial charge in [-0.3, -0.25) is 0 Å². The number of hydrogen-bond donors (Lipinski definition) is 1. The maximum absolute atomic E-state index is 11.2. The lowest BCUT2D eigenvalue weighted by atomic mass is 10.1. The van der Waals surface area contributed by atoms with E-state index in [0.29, 0.717) is 12.4 Å². The highest BCUT2D eigenvalue weighted by Crippen LogP contribution is 2.17. The fourth-order valence-corrected chi connectivity index (χ4v) is 2.27. The number of sulfone groups is 1. The average molecular weight is 271 g/mol. The highest BCUT2D eigenvalue weighted by Gasteiger charge is 2.13. The van der Waals surface area contributed by atoms with Gasteiger partial charge in [0, 0.05) is 24.6 Å². The van der Waals surface area contributed by atoms with E-state index in [2.05, 4.69) is 15.3 Å². The van der Waals surface area contributed by atoms with Crippen molar-refractivity contribution in [3.63, 3.8) is 0 Å². The zero-order valence-electron chi connectivity index (χ0n) is 11.4. The van der Waals surface area contributed by atoms with E-state index in [0.717, 1.165) is 17.8 Å². The summed E-state index contributed by atoms with van der Waals surface area (Å²) in [7, 11) is -3.09. The predicted molar refractivity (Wildman–Crippen MR) is 72.0 cm³/mol. The van der Waals surface area contributed by atoms with E-state index in [1.165, 1.54) is 6.26 Å². The summed E-state index contributed by atoms with van der Waals surface area (Å²) in [6.07, 6.45) is 2.92. The first kappa shape index (κ1) is 15.0. The molecule has 0 saturated heterocycles. The number of rotatable bonds is 6. The van der Waals surface area contributed by atoms with Crippen LogP contribution in [0.15, 0.2) is 6.20 Å². The van der Waals surface area contributed by atoms with Crippen molar-refractivity contribution in [2.24, 2.45) is 0 Å². The number of nitrogens with one attached hydrogen (secondary N) is 1. The van der Waals surface area contributed by atoms with Crippen LogP contribution in [0.3, 0.4) is 0 Å². The van der Waals surface area contributed by atoms with E-state index in [1.54, 1.807) is 6.20 Å². The molecule has 0 spiro atoms. The molecule has 1 N–H and O–H groups in total. The van der Waals surface area contributed by atoms with Crippen LogP contribution in [-0.2, 0) is 22.1 Å². The second kappa shape index (κ2) is 6.24. The molecular formula is C12H21N3O2S. The second-order valence-electron chi connectivity index (χ2n) is 4.70. The molecule has 0 bridgehead atoms. The van der Waals surface area contributed by atoms with Gasteiger partial charge in [0.15, 0.2) is 9.84 Å². The van der Waals surface area contributed by atoms with Gasteiger partial charge in [-0.15, -0.1) is 0 Å². The molecule has 0 amide bonds. The molecule has 5 nitrogen and oxygen atoms in total. The number of nitrogens with zero attached hydrogens (tertiary/aromatic N) is 2. The summed E-state index contributed by atoms with van der Waals surface area (Å²) in [4.78, 5) is 8.51. The van der Waals surface area contributed by atoms with E-state index in [4.69, 9.17) is 0 Å². The monoisotopic (exact) mass is 271 g/mol. The van der Waals surface area contributed by atoms with E-state index >= 15 is 0 Å². The molecular weight excluding hydrogens is 250 g/mol. The molecule has 0 radical (unpaired) electrons. The van der Waals surface area contributed by atoms with Gasteiger partial charge in [-0.25, -0.2) is 18.4 Å². The Morgan fingerprint density at radius 1 is 1.39 bits per heavy atom. The van der Waals surface area contributed by atoms with Crippen molar-refractivity contribution in [2.45, 2.75) is 39.0 Å². The summed E-state index contributed by atoms with van der Waals surface area (Å²) >= 11 is 0. The molecule has 0 fully saturated rings. The maximum Gasteiger partial charge on any atom is 0.154 e. The first-order valence-electron chi connectivity index (χ1n) is 6.06. The van der Waals surface area contributed by atoms with Crippen LogP contribution >= 0.6 is 0 Å². The normalized spacial score (nSPS) is 12.1. The Kier molecular flexibility index (Phi) is 5.22. The third-order valence-electron chi connectivity index (χ3n) is 2.45. The number of aromatic nitrogens is 2. The molecule has 1 aromatic rings. The molecule has 0 aliphatic heterocycles. The molecule has 1 heterocycles. The standard InChI is InChI=1S/C12H21N3O2S/c1-5-13-6-10-7-14-11(8-18(4,16)17)15-12(10)9(2)3/h7,9,13H,5-6,8H2,1-4H3. The van der Waals surface area contributed by atoms with Crippen LogP contribution in [0.2, 0.25) is 0 Å². The molecule has 18 heavy (non-hydrogen) atoms. The Labute approximate surface area is 109 Å². The summed E-state index contributed by atoms with van der Waals surface area (Å²) in [5.41, 5.74) is 1.95. The van der Waals surface area contributed by atoms with Gasteiger partial charge >= 0.3 is 0 Å². The highest BCUT2D eigenvalue weighted by molar-refractivity contribution is 7.89. The quantitative estimate of drug-likeness (QED) is 0.843. The molecule has 0 saturated carbocycles. The van der Waals surface area contributed by atoms with Gasteiger partial charge in [0.25, 0.3) is 0 Å². The lowest BCUT2D eigenvalue weighted by molar-refractivity contribution is 0.599. The van der Waals surface area contributed by atoms with Crippen molar-refractivity contribution < 1.29 is 8.42 Å². The van der Waals surface area contributed by atoms with Crippen LogP contribution in [0.25, 0.3) is 0 Å². The van der Waals surface area contributed by atoms with Crippen LogP contribution < -0.4 is 5.32 Å². The molecule has 0 unspecified atom stereocenters. The smallest absolute Gasteiger partial charge is 0.154 e. The van der Waals surface area contributed by atoms with Gasteiger partial charge < -0.3 is 5.32 Å². The van der Waals surface area contributed by atoms with Crippen molar-refractivity contribution in [1.29, 1.82) is 0 Å². The minimum Gasteiger partial charge on any atom is -0.313 e. The molecule has 0 atom stereocenters. The lowest BCUT2D eigenvalue weighted by Crippen LogP contribution is -2.16. The molecule has 0 aliphatic carbocycles. The minimum absolute atomic E-state index is 0.103. The van der Waals surface area contributed by atoms with Crippen molar-refractivity contribution >= 4 is 9.84 Å². The average Bonchev–Trinajstić information content (AvgIpc) is 2.25. The molecule has 6 heteroatoms. The summed E-state index contributed by atoms with van der Waals surface area (Å²) in [5, 5.41) is 3.23. The van der Waals surface area contributed by atoms with Crippen molar-refractivity contribution in [1.82, 2.24) is 15.3 Å². The fraction of sp³-hybridized carbons (Fsp3) is 0.667. The molecule has 0 aromatic carbocycles. The zero-order chi connectivity index (χ0) is 13.8. The molecule has 1 rings (SSSR count). The summed E-state index contributed by atoms with van der Waals surface area (Å²) in [6, 6.07) is 0. The van der Waals surface area contributed by atoms with Crippen LogP contribution in [0.4, 0.5) is 0 Å². The SMILES string of the molecule is CCNCc1cnc(CS(C)(=O)=O)nc1C(C)C. The van der Waals surface area contributed by atoms with Crippen molar-refractivity contribution in [3.05, 3.63) is 23.3 Å². The Balaban J connectivity index is 3.03. The zero-order valence-corrected chi connectivity index (χ0v) is 12.2. The van der Waals surface area contributed by atoms with Crippen LogP contribution in [0.5, 0.6) is 0 Å². The second-order valence-corrected chi connectivity index (χ2v) is 6.84. The molecule has 1 aromatic heterocycles. The van der Waals surface area contributed by atoms with E-state index in [1.807, 2.05) is 20.8 Å². The lowest BCUT2D eigenvalue weighted by Gasteiger charge is -2.13. The topological polar surface area (TPSA) is 72.0 Å². The summed E-state index contributed by atoms with van der Waals surface area (Å²) in [6.45, 7) is 7.71. The van der Waals surface area contributed by atoms with Crippen molar-refractivity contribution in [2.75, 3.05) is 12.8 Å². The van der Waals surface area contributed by atoms with E-state index < -0.39 is 9.84 Å². The Morgan fingerprint density at radius 2 is 2.06 bits per heavy atom. The van der Waals surface area contributed by atoms with E-state index in [-0.39, 0.29) is 11.7 Å². The van der Waals surface area contributed by atoms with Crippen molar-refractivity contribution in [3.8, 4) is 0 Å². The minimum atomic E-state index is -3.09. The first-order valence-corrected chi connectivity index (χ1v) is 8.12. The van der Waals surface area contributed by atoms with E-state index in [9.17, 15) is 8.42 Å². The Morgan fingerprint density at radius 3 is 2.56 bits per heavy atom.